The molecule has 6 nitrogen and oxygen atoms in total. The lowest BCUT2D eigenvalue weighted by atomic mass is 9.87. The SMILES string of the molecule is COc1ccc([C@H]2CC(=O)NC(SCC(=O)Nc3ccccc3C)=C2C#N)cc1Cl. The molecule has 2 aromatic rings. The van der Waals surface area contributed by atoms with Gasteiger partial charge in [-0.25, -0.2) is 0 Å². The van der Waals surface area contributed by atoms with Crippen molar-refractivity contribution in [3.63, 3.8) is 0 Å². The second-order valence-electron chi connectivity index (χ2n) is 6.71. The lowest BCUT2D eigenvalue weighted by molar-refractivity contribution is -0.121. The highest BCUT2D eigenvalue weighted by Crippen LogP contribution is 2.38. The first kappa shape index (κ1) is 21.8. The van der Waals surface area contributed by atoms with Gasteiger partial charge < -0.3 is 15.4 Å². The molecular weight excluding hydrogens is 422 g/mol. The van der Waals surface area contributed by atoms with Gasteiger partial charge in [0, 0.05) is 18.0 Å². The van der Waals surface area contributed by atoms with Gasteiger partial charge >= 0.3 is 0 Å². The third-order valence-electron chi connectivity index (χ3n) is 4.70. The standard InChI is InChI=1S/C22H20ClN3O3S/c1-13-5-3-4-6-18(13)25-21(28)12-30-22-16(11-24)15(10-20(27)26-22)14-7-8-19(29-2)17(23)9-14/h3-9,15H,10,12H2,1-2H3,(H,25,28)(H,26,27)/t15-/m1/s1. The first-order valence-electron chi connectivity index (χ1n) is 9.18. The topological polar surface area (TPSA) is 91.2 Å². The lowest BCUT2D eigenvalue weighted by Gasteiger charge is -2.25. The Kier molecular flexibility index (Phi) is 7.03. The van der Waals surface area contributed by atoms with Crippen LogP contribution in [0.5, 0.6) is 5.75 Å². The number of rotatable bonds is 6. The minimum Gasteiger partial charge on any atom is -0.495 e. The van der Waals surface area contributed by atoms with E-state index in [0.29, 0.717) is 21.4 Å². The van der Waals surface area contributed by atoms with Crippen LogP contribution in [0, 0.1) is 18.3 Å². The van der Waals surface area contributed by atoms with Crippen LogP contribution in [-0.2, 0) is 9.59 Å². The number of nitrogens with one attached hydrogen (secondary N) is 2. The van der Waals surface area contributed by atoms with Crippen molar-refractivity contribution in [3.8, 4) is 11.8 Å². The van der Waals surface area contributed by atoms with E-state index < -0.39 is 5.92 Å². The Hall–Kier alpha value is -2.95. The number of allylic oxidation sites excluding steroid dienone is 1. The molecule has 2 amide bonds. The maximum atomic E-state index is 12.4. The van der Waals surface area contributed by atoms with Gasteiger partial charge in [-0.05, 0) is 36.2 Å². The van der Waals surface area contributed by atoms with Crippen molar-refractivity contribution >= 4 is 40.9 Å². The van der Waals surface area contributed by atoms with Crippen LogP contribution in [-0.4, -0.2) is 24.7 Å². The summed E-state index contributed by atoms with van der Waals surface area (Å²) in [5.41, 5.74) is 2.84. The zero-order valence-corrected chi connectivity index (χ0v) is 18.1. The molecule has 2 N–H and O–H groups in total. The third-order valence-corrected chi connectivity index (χ3v) is 6.01. The van der Waals surface area contributed by atoms with E-state index in [1.54, 1.807) is 18.2 Å². The van der Waals surface area contributed by atoms with Crippen molar-refractivity contribution in [2.45, 2.75) is 19.3 Å². The molecule has 1 aliphatic rings. The number of hydrogen-bond donors (Lipinski definition) is 2. The van der Waals surface area contributed by atoms with E-state index in [9.17, 15) is 14.9 Å². The predicted molar refractivity (Wildman–Crippen MR) is 118 cm³/mol. The molecule has 1 heterocycles. The fourth-order valence-corrected chi connectivity index (χ4v) is 4.30. The van der Waals surface area contributed by atoms with E-state index in [1.165, 1.54) is 7.11 Å². The molecule has 3 rings (SSSR count). The first-order valence-corrected chi connectivity index (χ1v) is 10.5. The Labute approximate surface area is 184 Å². The van der Waals surface area contributed by atoms with Gasteiger partial charge in [0.25, 0.3) is 0 Å². The van der Waals surface area contributed by atoms with E-state index >= 15 is 0 Å². The second kappa shape index (κ2) is 9.70. The Morgan fingerprint density at radius 1 is 1.37 bits per heavy atom. The van der Waals surface area contributed by atoms with Crippen molar-refractivity contribution in [3.05, 3.63) is 69.2 Å². The zero-order chi connectivity index (χ0) is 21.7. The van der Waals surface area contributed by atoms with Crippen molar-refractivity contribution < 1.29 is 14.3 Å². The molecule has 1 atom stereocenters. The van der Waals surface area contributed by atoms with Gasteiger partial charge in [-0.15, -0.1) is 0 Å². The molecule has 154 valence electrons. The Bertz CT molecular complexity index is 1060. The van der Waals surface area contributed by atoms with Gasteiger partial charge in [0.2, 0.25) is 11.8 Å². The molecule has 0 saturated heterocycles. The van der Waals surface area contributed by atoms with Crippen molar-refractivity contribution in [2.24, 2.45) is 0 Å². The number of thioether (sulfide) groups is 1. The number of hydrogen-bond acceptors (Lipinski definition) is 5. The number of anilines is 1. The third kappa shape index (κ3) is 4.96. The van der Waals surface area contributed by atoms with Gasteiger partial charge in [-0.2, -0.15) is 5.26 Å². The minimum absolute atomic E-state index is 0.0607. The molecule has 8 heteroatoms. The number of nitrogens with zero attached hydrogens (tertiary/aromatic N) is 1. The van der Waals surface area contributed by atoms with E-state index in [2.05, 4.69) is 16.7 Å². The highest BCUT2D eigenvalue weighted by atomic mass is 35.5. The molecular formula is C22H20ClN3O3S. The number of methoxy groups -OCH3 is 1. The average molecular weight is 442 g/mol. The van der Waals surface area contributed by atoms with Gasteiger partial charge in [0.1, 0.15) is 5.75 Å². The summed E-state index contributed by atoms with van der Waals surface area (Å²) in [4.78, 5) is 24.6. The lowest BCUT2D eigenvalue weighted by Crippen LogP contribution is -2.31. The monoisotopic (exact) mass is 441 g/mol. The van der Waals surface area contributed by atoms with E-state index in [4.69, 9.17) is 16.3 Å². The number of carbonyl (C=O) groups is 2. The number of amides is 2. The summed E-state index contributed by atoms with van der Waals surface area (Å²) in [6.07, 6.45) is 0.130. The fraction of sp³-hybridized carbons (Fsp3) is 0.227. The number of nitriles is 1. The molecule has 30 heavy (non-hydrogen) atoms. The molecule has 0 fully saturated rings. The Balaban J connectivity index is 1.79. The quantitative estimate of drug-likeness (QED) is 0.694. The van der Waals surface area contributed by atoms with Crippen LogP contribution in [0.3, 0.4) is 0 Å². The Morgan fingerprint density at radius 3 is 2.80 bits per heavy atom. The van der Waals surface area contributed by atoms with Crippen molar-refractivity contribution in [1.82, 2.24) is 5.32 Å². The number of benzene rings is 2. The summed E-state index contributed by atoms with van der Waals surface area (Å²) in [7, 11) is 1.52. The summed E-state index contributed by atoms with van der Waals surface area (Å²) < 4.78 is 5.17. The van der Waals surface area contributed by atoms with Gasteiger partial charge in [-0.3, -0.25) is 9.59 Å². The second-order valence-corrected chi connectivity index (χ2v) is 8.10. The van der Waals surface area contributed by atoms with Crippen LogP contribution < -0.4 is 15.4 Å². The number of aryl methyl sites for hydroxylation is 1. The van der Waals surface area contributed by atoms with Crippen LogP contribution in [0.1, 0.15) is 23.5 Å². The molecule has 0 aliphatic carbocycles. The molecule has 0 saturated carbocycles. The van der Waals surface area contributed by atoms with Crippen LogP contribution in [0.2, 0.25) is 5.02 Å². The summed E-state index contributed by atoms with van der Waals surface area (Å²) in [5.74, 6) is -0.291. The smallest absolute Gasteiger partial charge is 0.234 e. The van der Waals surface area contributed by atoms with Gasteiger partial charge in [-0.1, -0.05) is 47.6 Å². The van der Waals surface area contributed by atoms with E-state index in [1.807, 2.05) is 31.2 Å². The summed E-state index contributed by atoms with van der Waals surface area (Å²) in [5, 5.41) is 16.1. The van der Waals surface area contributed by atoms with Crippen molar-refractivity contribution in [2.75, 3.05) is 18.2 Å². The molecule has 1 aliphatic heterocycles. The minimum atomic E-state index is -0.436. The highest BCUT2D eigenvalue weighted by molar-refractivity contribution is 8.03. The maximum Gasteiger partial charge on any atom is 0.234 e. The van der Waals surface area contributed by atoms with Crippen LogP contribution in [0.25, 0.3) is 0 Å². The molecule has 0 aromatic heterocycles. The van der Waals surface area contributed by atoms with Gasteiger partial charge in [0.05, 0.1) is 34.6 Å². The van der Waals surface area contributed by atoms with Crippen molar-refractivity contribution in [1.29, 1.82) is 5.26 Å². The fourth-order valence-electron chi connectivity index (χ4n) is 3.15. The van der Waals surface area contributed by atoms with E-state index in [-0.39, 0.29) is 24.0 Å². The number of carbonyl (C=O) groups excluding carboxylic acids is 2. The summed E-state index contributed by atoms with van der Waals surface area (Å²) >= 11 is 7.36. The molecule has 0 spiro atoms. The molecule has 0 radical (unpaired) electrons. The van der Waals surface area contributed by atoms with Crippen LogP contribution >= 0.6 is 23.4 Å². The maximum absolute atomic E-state index is 12.4. The number of ether oxygens (including phenoxy) is 1. The number of para-hydroxylation sites is 1. The summed E-state index contributed by atoms with van der Waals surface area (Å²) in [6.45, 7) is 1.91. The van der Waals surface area contributed by atoms with Crippen LogP contribution in [0.15, 0.2) is 53.1 Å². The molecule has 0 bridgehead atoms. The Morgan fingerprint density at radius 2 is 2.13 bits per heavy atom. The van der Waals surface area contributed by atoms with E-state index in [0.717, 1.165) is 28.6 Å². The predicted octanol–water partition coefficient (Wildman–Crippen LogP) is 4.37. The first-order chi connectivity index (χ1) is 14.4. The molecule has 0 unspecified atom stereocenters. The average Bonchev–Trinajstić information content (AvgIpc) is 2.73. The highest BCUT2D eigenvalue weighted by Gasteiger charge is 2.30. The molecule has 2 aromatic carbocycles. The normalized spacial score (nSPS) is 15.9. The number of halogens is 1. The largest absolute Gasteiger partial charge is 0.495 e. The summed E-state index contributed by atoms with van der Waals surface area (Å²) in [6, 6.07) is 14.9. The van der Waals surface area contributed by atoms with Gasteiger partial charge in [0.15, 0.2) is 0 Å². The van der Waals surface area contributed by atoms with Crippen LogP contribution in [0.4, 0.5) is 5.69 Å². The zero-order valence-electron chi connectivity index (χ0n) is 16.5.